The maximum absolute atomic E-state index is 11.3. The zero-order valence-corrected chi connectivity index (χ0v) is 17.2. The second-order valence-corrected chi connectivity index (χ2v) is 8.73. The van der Waals surface area contributed by atoms with Crippen LogP contribution >= 0.6 is 0 Å². The van der Waals surface area contributed by atoms with Gasteiger partial charge in [-0.05, 0) is 50.8 Å². The van der Waals surface area contributed by atoms with E-state index in [1.165, 1.54) is 11.8 Å². The number of sulfone groups is 1. The maximum atomic E-state index is 11.3. The van der Waals surface area contributed by atoms with Gasteiger partial charge in [-0.1, -0.05) is 19.1 Å². The fourth-order valence-electron chi connectivity index (χ4n) is 2.32. The van der Waals surface area contributed by atoms with Crippen LogP contribution in [0.3, 0.4) is 0 Å². The Morgan fingerprint density at radius 1 is 1.31 bits per heavy atom. The van der Waals surface area contributed by atoms with Crippen LogP contribution in [0.2, 0.25) is 0 Å². The molecule has 0 aliphatic rings. The molecule has 0 heterocycles. The zero-order chi connectivity index (χ0) is 19.4. The van der Waals surface area contributed by atoms with E-state index in [-0.39, 0.29) is 11.8 Å². The number of guanidine groups is 1. The Morgan fingerprint density at radius 2 is 2.08 bits per heavy atom. The topological polar surface area (TPSA) is 79.8 Å². The Kier molecular flexibility index (Phi) is 10.1. The van der Waals surface area contributed by atoms with E-state index in [2.05, 4.69) is 34.7 Å². The van der Waals surface area contributed by atoms with Crippen LogP contribution in [0.15, 0.2) is 29.3 Å². The number of ether oxygens (including phenoxy) is 1. The Hall–Kier alpha value is -1.76. The first-order valence-electron chi connectivity index (χ1n) is 9.28. The first-order valence-corrected chi connectivity index (χ1v) is 11.3. The minimum atomic E-state index is -2.94. The molecular formula is C19H33N3O3S. The van der Waals surface area contributed by atoms with Crippen molar-refractivity contribution in [2.24, 2.45) is 4.99 Å². The number of aliphatic imine (C=N–C) groups is 1. The summed E-state index contributed by atoms with van der Waals surface area (Å²) in [5.41, 5.74) is 1.18. The molecule has 1 unspecified atom stereocenters. The van der Waals surface area contributed by atoms with E-state index in [0.29, 0.717) is 18.9 Å². The van der Waals surface area contributed by atoms with Crippen molar-refractivity contribution in [1.82, 2.24) is 10.6 Å². The molecule has 2 N–H and O–H groups in total. The highest BCUT2D eigenvalue weighted by atomic mass is 32.2. The average molecular weight is 384 g/mol. The van der Waals surface area contributed by atoms with E-state index in [1.54, 1.807) is 0 Å². The number of rotatable bonds is 11. The third kappa shape index (κ3) is 10.3. The molecule has 1 aromatic carbocycles. The van der Waals surface area contributed by atoms with Gasteiger partial charge in [0.25, 0.3) is 0 Å². The molecule has 0 aliphatic carbocycles. The summed E-state index contributed by atoms with van der Waals surface area (Å²) in [4.78, 5) is 4.59. The summed E-state index contributed by atoms with van der Waals surface area (Å²) in [5, 5.41) is 6.47. The lowest BCUT2D eigenvalue weighted by molar-refractivity contribution is 0.317. The van der Waals surface area contributed by atoms with Crippen LogP contribution < -0.4 is 15.4 Å². The van der Waals surface area contributed by atoms with Gasteiger partial charge in [-0.15, -0.1) is 0 Å². The second kappa shape index (κ2) is 11.8. The van der Waals surface area contributed by atoms with Gasteiger partial charge in [-0.25, -0.2) is 8.42 Å². The molecule has 0 amide bonds. The molecule has 6 nitrogen and oxygen atoms in total. The summed E-state index contributed by atoms with van der Waals surface area (Å²) in [7, 11) is -2.94. The summed E-state index contributed by atoms with van der Waals surface area (Å²) in [6, 6.07) is 8.13. The van der Waals surface area contributed by atoms with Crippen LogP contribution in [0.1, 0.15) is 39.2 Å². The molecule has 0 spiro atoms. The monoisotopic (exact) mass is 383 g/mol. The molecule has 1 aromatic rings. The Morgan fingerprint density at radius 3 is 2.73 bits per heavy atom. The normalized spacial score (nSPS) is 13.3. The molecule has 0 aromatic heterocycles. The van der Waals surface area contributed by atoms with E-state index in [9.17, 15) is 8.42 Å². The van der Waals surface area contributed by atoms with Crippen LogP contribution in [0, 0.1) is 0 Å². The van der Waals surface area contributed by atoms with Gasteiger partial charge in [-0.3, -0.25) is 4.99 Å². The maximum Gasteiger partial charge on any atom is 0.191 e. The lowest BCUT2D eigenvalue weighted by Crippen LogP contribution is -2.43. The van der Waals surface area contributed by atoms with Crippen molar-refractivity contribution in [2.45, 2.75) is 46.1 Å². The summed E-state index contributed by atoms with van der Waals surface area (Å²) >= 11 is 0. The smallest absolute Gasteiger partial charge is 0.191 e. The summed E-state index contributed by atoms with van der Waals surface area (Å²) in [6.07, 6.45) is 3.62. The molecule has 0 radical (unpaired) electrons. The van der Waals surface area contributed by atoms with Crippen LogP contribution in [0.5, 0.6) is 5.75 Å². The van der Waals surface area contributed by atoms with Gasteiger partial charge in [0.05, 0.1) is 12.4 Å². The minimum Gasteiger partial charge on any atom is -0.494 e. The largest absolute Gasteiger partial charge is 0.494 e. The van der Waals surface area contributed by atoms with Crippen LogP contribution in [0.4, 0.5) is 0 Å². The number of nitrogens with one attached hydrogen (secondary N) is 2. The Balaban J connectivity index is 2.55. The summed E-state index contributed by atoms with van der Waals surface area (Å²) in [6.45, 7) is 8.18. The number of hydrogen-bond donors (Lipinski definition) is 2. The number of hydrogen-bond acceptors (Lipinski definition) is 4. The SMILES string of the molecule is CCCOc1cccc(CCN=C(NCC)NC(C)CCS(C)(=O)=O)c1. The van der Waals surface area contributed by atoms with Crippen LogP contribution in [0.25, 0.3) is 0 Å². The standard InChI is InChI=1S/C19H33N3O3S/c1-5-13-25-18-9-7-8-17(15-18)10-12-21-19(20-6-2)22-16(3)11-14-26(4,23)24/h7-9,15-16H,5-6,10-14H2,1-4H3,(H2,20,21,22). The highest BCUT2D eigenvalue weighted by molar-refractivity contribution is 7.90. The van der Waals surface area contributed by atoms with Gasteiger partial charge >= 0.3 is 0 Å². The molecule has 1 rings (SSSR count). The van der Waals surface area contributed by atoms with Gasteiger partial charge in [0, 0.05) is 25.4 Å². The van der Waals surface area contributed by atoms with Gasteiger partial charge < -0.3 is 15.4 Å². The van der Waals surface area contributed by atoms with Crippen molar-refractivity contribution in [1.29, 1.82) is 0 Å². The zero-order valence-electron chi connectivity index (χ0n) is 16.4. The van der Waals surface area contributed by atoms with E-state index < -0.39 is 9.84 Å². The molecule has 0 bridgehead atoms. The molecule has 148 valence electrons. The molecule has 0 saturated carbocycles. The summed E-state index contributed by atoms with van der Waals surface area (Å²) in [5.74, 6) is 1.78. The minimum absolute atomic E-state index is 0.0355. The molecule has 26 heavy (non-hydrogen) atoms. The Labute approximate surface area is 158 Å². The predicted molar refractivity (Wildman–Crippen MR) is 109 cm³/mol. The molecule has 0 saturated heterocycles. The number of nitrogens with zero attached hydrogens (tertiary/aromatic N) is 1. The van der Waals surface area contributed by atoms with Gasteiger partial charge in [0.2, 0.25) is 0 Å². The highest BCUT2D eigenvalue weighted by Gasteiger charge is 2.09. The van der Waals surface area contributed by atoms with Crippen molar-refractivity contribution in [3.05, 3.63) is 29.8 Å². The van der Waals surface area contributed by atoms with Crippen LogP contribution in [-0.4, -0.2) is 52.1 Å². The fourth-order valence-corrected chi connectivity index (χ4v) is 3.11. The van der Waals surface area contributed by atoms with Crippen LogP contribution in [-0.2, 0) is 16.3 Å². The van der Waals surface area contributed by atoms with E-state index in [0.717, 1.165) is 31.7 Å². The third-order valence-electron chi connectivity index (χ3n) is 3.69. The van der Waals surface area contributed by atoms with Gasteiger partial charge in [0.1, 0.15) is 15.6 Å². The van der Waals surface area contributed by atoms with Crippen molar-refractivity contribution < 1.29 is 13.2 Å². The van der Waals surface area contributed by atoms with E-state index in [4.69, 9.17) is 4.74 Å². The predicted octanol–water partition coefficient (Wildman–Crippen LogP) is 2.40. The number of benzene rings is 1. The highest BCUT2D eigenvalue weighted by Crippen LogP contribution is 2.14. The lowest BCUT2D eigenvalue weighted by Gasteiger charge is -2.17. The first kappa shape index (κ1) is 22.3. The average Bonchev–Trinajstić information content (AvgIpc) is 2.58. The molecule has 7 heteroatoms. The second-order valence-electron chi connectivity index (χ2n) is 6.47. The first-order chi connectivity index (χ1) is 12.3. The third-order valence-corrected chi connectivity index (χ3v) is 4.67. The quantitative estimate of drug-likeness (QED) is 0.453. The van der Waals surface area contributed by atoms with E-state index >= 15 is 0 Å². The van der Waals surface area contributed by atoms with Crippen molar-refractivity contribution >= 4 is 15.8 Å². The molecular weight excluding hydrogens is 350 g/mol. The lowest BCUT2D eigenvalue weighted by atomic mass is 10.1. The molecule has 0 fully saturated rings. The van der Waals surface area contributed by atoms with Gasteiger partial charge in [-0.2, -0.15) is 0 Å². The van der Waals surface area contributed by atoms with E-state index in [1.807, 2.05) is 26.0 Å². The fraction of sp³-hybridized carbons (Fsp3) is 0.632. The van der Waals surface area contributed by atoms with Crippen molar-refractivity contribution in [3.8, 4) is 5.75 Å². The molecule has 1 atom stereocenters. The van der Waals surface area contributed by atoms with Gasteiger partial charge in [0.15, 0.2) is 5.96 Å². The summed E-state index contributed by atoms with van der Waals surface area (Å²) < 4.78 is 28.2. The van der Waals surface area contributed by atoms with Crippen molar-refractivity contribution in [3.63, 3.8) is 0 Å². The van der Waals surface area contributed by atoms with Crippen molar-refractivity contribution in [2.75, 3.05) is 31.7 Å². The molecule has 0 aliphatic heterocycles. The Bertz CT molecular complexity index is 660.